The molecule has 1 saturated carbocycles. The molecule has 2 heterocycles. The van der Waals surface area contributed by atoms with Crippen LogP contribution in [-0.2, 0) is 27.9 Å². The smallest absolute Gasteiger partial charge is 0.174 e. The Kier molecular flexibility index (Phi) is 5.82. The summed E-state index contributed by atoms with van der Waals surface area (Å²) in [6, 6.07) is 25.4. The molecular formula is C33H35NO4. The van der Waals surface area contributed by atoms with Crippen molar-refractivity contribution >= 4 is 5.78 Å². The number of rotatable bonds is 7. The van der Waals surface area contributed by atoms with Crippen molar-refractivity contribution in [3.8, 4) is 11.5 Å². The normalized spacial score (nSPS) is 28.9. The summed E-state index contributed by atoms with van der Waals surface area (Å²) in [7, 11) is 0. The van der Waals surface area contributed by atoms with Crippen LogP contribution in [0, 0.1) is 5.92 Å². The maximum atomic E-state index is 13.1. The number of carbonyl (C=O) groups excluding carboxylic acids is 1. The van der Waals surface area contributed by atoms with Crippen LogP contribution >= 0.6 is 0 Å². The van der Waals surface area contributed by atoms with Crippen LogP contribution in [0.1, 0.15) is 60.8 Å². The van der Waals surface area contributed by atoms with Crippen molar-refractivity contribution in [2.24, 2.45) is 5.92 Å². The molecule has 5 nitrogen and oxygen atoms in total. The second-order valence-corrected chi connectivity index (χ2v) is 11.6. The van der Waals surface area contributed by atoms with E-state index in [0.717, 1.165) is 44.2 Å². The predicted octanol–water partition coefficient (Wildman–Crippen LogP) is 5.74. The van der Waals surface area contributed by atoms with Crippen molar-refractivity contribution in [1.82, 2.24) is 5.06 Å². The molecule has 6 atom stereocenters. The van der Waals surface area contributed by atoms with Crippen molar-refractivity contribution in [1.29, 1.82) is 0 Å². The molecule has 3 aromatic carbocycles. The standard InChI is InChI=1S/C33H35NO4/c1-21(25(23-10-6-3-7-11-23)14-12-22-8-4-2-5-9-22)38-34-19-18-33-26-15-17-29(36)32(33)37-31-28(35)16-13-24(30(31)33)20-27(26)34/h2-11,13,16,21,25-27,32,35H,12,14-15,17-20H2,1H3/t21?,25?,26-,27+,32?,33-/m0/s1. The van der Waals surface area contributed by atoms with Gasteiger partial charge in [-0.1, -0.05) is 66.7 Å². The Labute approximate surface area is 224 Å². The molecule has 3 unspecified atom stereocenters. The minimum Gasteiger partial charge on any atom is -0.504 e. The van der Waals surface area contributed by atoms with Gasteiger partial charge in [0.25, 0.3) is 0 Å². The van der Waals surface area contributed by atoms with E-state index in [0.29, 0.717) is 12.2 Å². The van der Waals surface area contributed by atoms with E-state index in [9.17, 15) is 9.90 Å². The van der Waals surface area contributed by atoms with E-state index in [1.807, 2.05) is 6.07 Å². The molecule has 0 amide bonds. The van der Waals surface area contributed by atoms with Crippen LogP contribution in [0.15, 0.2) is 72.8 Å². The summed E-state index contributed by atoms with van der Waals surface area (Å²) in [6.45, 7) is 2.97. The SMILES string of the molecule is CC(ON1CC[C@]23c4c5ccc(O)c4OC2C(=O)CC[C@H]3[C@H]1C5)C(CCc1ccccc1)c1ccccc1. The van der Waals surface area contributed by atoms with Gasteiger partial charge in [0.05, 0.1) is 6.10 Å². The number of ketones is 1. The van der Waals surface area contributed by atoms with Crippen molar-refractivity contribution in [3.05, 3.63) is 95.1 Å². The third kappa shape index (κ3) is 3.63. The number of carbonyl (C=O) groups is 1. The Morgan fingerprint density at radius 2 is 1.84 bits per heavy atom. The average molecular weight is 510 g/mol. The van der Waals surface area contributed by atoms with Crippen molar-refractivity contribution in [2.75, 3.05) is 6.54 Å². The zero-order chi connectivity index (χ0) is 25.9. The molecule has 0 aromatic heterocycles. The summed E-state index contributed by atoms with van der Waals surface area (Å²) in [6.07, 6.45) is 4.59. The molecule has 2 aliphatic heterocycles. The van der Waals surface area contributed by atoms with Crippen LogP contribution in [0.4, 0.5) is 0 Å². The monoisotopic (exact) mass is 509 g/mol. The van der Waals surface area contributed by atoms with Gasteiger partial charge in [-0.3, -0.25) is 9.63 Å². The van der Waals surface area contributed by atoms with Gasteiger partial charge >= 0.3 is 0 Å². The van der Waals surface area contributed by atoms with E-state index in [1.165, 1.54) is 16.7 Å². The fourth-order valence-electron chi connectivity index (χ4n) is 8.05. The van der Waals surface area contributed by atoms with Gasteiger partial charge < -0.3 is 9.84 Å². The summed E-state index contributed by atoms with van der Waals surface area (Å²) >= 11 is 0. The maximum absolute atomic E-state index is 13.1. The Bertz CT molecular complexity index is 1340. The van der Waals surface area contributed by atoms with Crippen molar-refractivity contribution in [3.63, 3.8) is 0 Å². The Morgan fingerprint density at radius 3 is 2.63 bits per heavy atom. The number of phenolic OH excluding ortho intramolecular Hbond substituents is 1. The average Bonchev–Trinajstić information content (AvgIpc) is 3.30. The van der Waals surface area contributed by atoms with Crippen LogP contribution in [-0.4, -0.2) is 40.7 Å². The Morgan fingerprint density at radius 1 is 1.08 bits per heavy atom. The summed E-state index contributed by atoms with van der Waals surface area (Å²) in [5.74, 6) is 1.44. The first-order valence-corrected chi connectivity index (χ1v) is 14.1. The number of benzene rings is 3. The van der Waals surface area contributed by atoms with Gasteiger partial charge in [0.2, 0.25) is 0 Å². The van der Waals surface area contributed by atoms with Crippen LogP contribution < -0.4 is 4.74 Å². The van der Waals surface area contributed by atoms with Gasteiger partial charge in [0, 0.05) is 35.9 Å². The van der Waals surface area contributed by atoms with E-state index in [1.54, 1.807) is 6.07 Å². The van der Waals surface area contributed by atoms with E-state index in [2.05, 4.69) is 72.7 Å². The third-order valence-electron chi connectivity index (χ3n) is 9.74. The molecule has 1 spiro atoms. The maximum Gasteiger partial charge on any atom is 0.174 e. The second kappa shape index (κ2) is 9.25. The lowest BCUT2D eigenvalue weighted by Gasteiger charge is -2.57. The molecule has 196 valence electrons. The van der Waals surface area contributed by atoms with Gasteiger partial charge in [-0.05, 0) is 67.7 Å². The lowest BCUT2D eigenvalue weighted by Crippen LogP contribution is -2.66. The van der Waals surface area contributed by atoms with Gasteiger partial charge in [0.15, 0.2) is 23.4 Å². The minimum atomic E-state index is -0.478. The number of ether oxygens (including phenoxy) is 1. The summed E-state index contributed by atoms with van der Waals surface area (Å²) < 4.78 is 6.25. The number of nitrogens with zero attached hydrogens (tertiary/aromatic N) is 1. The first-order valence-electron chi connectivity index (χ1n) is 14.1. The summed E-state index contributed by atoms with van der Waals surface area (Å²) in [4.78, 5) is 20.0. The predicted molar refractivity (Wildman–Crippen MR) is 145 cm³/mol. The molecule has 5 heteroatoms. The highest BCUT2D eigenvalue weighted by Crippen LogP contribution is 2.63. The van der Waals surface area contributed by atoms with Crippen LogP contribution in [0.5, 0.6) is 11.5 Å². The van der Waals surface area contributed by atoms with Crippen LogP contribution in [0.25, 0.3) is 0 Å². The first kappa shape index (κ1) is 23.9. The number of hydrogen-bond donors (Lipinski definition) is 1. The van der Waals surface area contributed by atoms with Gasteiger partial charge in [-0.2, -0.15) is 5.06 Å². The number of aryl methyl sites for hydroxylation is 1. The largest absolute Gasteiger partial charge is 0.504 e. The minimum absolute atomic E-state index is 0.00721. The summed E-state index contributed by atoms with van der Waals surface area (Å²) in [5.41, 5.74) is 4.63. The lowest BCUT2D eigenvalue weighted by molar-refractivity contribution is -0.259. The number of hydrogen-bond acceptors (Lipinski definition) is 5. The number of hydroxylamine groups is 2. The van der Waals surface area contributed by atoms with Crippen molar-refractivity contribution in [2.45, 2.75) is 75.0 Å². The molecule has 4 aliphatic rings. The highest BCUT2D eigenvalue weighted by atomic mass is 16.7. The number of Topliss-reactive ketones (excluding diaryl/α,β-unsaturated/α-hetero) is 1. The van der Waals surface area contributed by atoms with E-state index in [4.69, 9.17) is 9.57 Å². The lowest BCUT2D eigenvalue weighted by atomic mass is 9.52. The fraction of sp³-hybridized carbons (Fsp3) is 0.424. The van der Waals surface area contributed by atoms with E-state index in [-0.39, 0.29) is 40.9 Å². The highest BCUT2D eigenvalue weighted by molar-refractivity contribution is 5.89. The van der Waals surface area contributed by atoms with Crippen molar-refractivity contribution < 1.29 is 19.5 Å². The topological polar surface area (TPSA) is 59.0 Å². The first-order chi connectivity index (χ1) is 18.6. The number of piperidine rings is 1. The van der Waals surface area contributed by atoms with Gasteiger partial charge in [-0.25, -0.2) is 0 Å². The Hall–Kier alpha value is -3.15. The molecule has 0 radical (unpaired) electrons. The molecule has 3 aromatic rings. The number of phenols is 1. The van der Waals surface area contributed by atoms with Gasteiger partial charge in [-0.15, -0.1) is 0 Å². The quantitative estimate of drug-likeness (QED) is 0.440. The third-order valence-corrected chi connectivity index (χ3v) is 9.74. The summed E-state index contributed by atoms with van der Waals surface area (Å²) in [5, 5.41) is 12.8. The molecule has 7 rings (SSSR count). The molecule has 2 aliphatic carbocycles. The second-order valence-electron chi connectivity index (χ2n) is 11.6. The molecule has 1 saturated heterocycles. The van der Waals surface area contributed by atoms with Gasteiger partial charge in [0.1, 0.15) is 0 Å². The van der Waals surface area contributed by atoms with E-state index < -0.39 is 6.10 Å². The zero-order valence-electron chi connectivity index (χ0n) is 21.9. The molecule has 1 N–H and O–H groups in total. The molecule has 2 bridgehead atoms. The molecular weight excluding hydrogens is 474 g/mol. The van der Waals surface area contributed by atoms with E-state index >= 15 is 0 Å². The fourth-order valence-corrected chi connectivity index (χ4v) is 8.05. The van der Waals surface area contributed by atoms with Crippen LogP contribution in [0.2, 0.25) is 0 Å². The van der Waals surface area contributed by atoms with Crippen LogP contribution in [0.3, 0.4) is 0 Å². The molecule has 38 heavy (non-hydrogen) atoms. The Balaban J connectivity index is 1.17. The number of aromatic hydroxyl groups is 1. The zero-order valence-corrected chi connectivity index (χ0v) is 21.9. The highest BCUT2D eigenvalue weighted by Gasteiger charge is 2.66. The molecule has 2 fully saturated rings.